The molecule has 0 aromatic rings. The topological polar surface area (TPSA) is 69.4 Å². The minimum atomic E-state index is -0.698. The van der Waals surface area contributed by atoms with Gasteiger partial charge in [-0.2, -0.15) is 0 Å². The van der Waals surface area contributed by atoms with Gasteiger partial charge in [0.2, 0.25) is 0 Å². The van der Waals surface area contributed by atoms with E-state index in [9.17, 15) is 9.36 Å². The molecule has 0 amide bonds. The van der Waals surface area contributed by atoms with E-state index >= 15 is 0 Å². The Kier molecular flexibility index (Phi) is 3.31. The fraction of sp³-hybridized carbons (Fsp3) is 0.667. The summed E-state index contributed by atoms with van der Waals surface area (Å²) in [6.45, 7) is 1.45. The van der Waals surface area contributed by atoms with Crippen molar-refractivity contribution in [1.29, 1.82) is 0 Å². The summed E-state index contributed by atoms with van der Waals surface area (Å²) in [6.07, 6.45) is 0. The summed E-state index contributed by atoms with van der Waals surface area (Å²) < 4.78 is 13.5. The van der Waals surface area contributed by atoms with E-state index in [1.54, 1.807) is 0 Å². The second kappa shape index (κ2) is 3.52. The highest BCUT2D eigenvalue weighted by molar-refractivity contribution is 7.18. The summed E-state index contributed by atoms with van der Waals surface area (Å²) in [5, 5.41) is 0. The summed E-state index contributed by atoms with van der Waals surface area (Å²) >= 11 is 0. The molecule has 0 aliphatic heterocycles. The Balaban J connectivity index is 3.48. The fourth-order valence-electron chi connectivity index (χ4n) is 0.120. The molecule has 8 heavy (non-hydrogen) atoms. The third kappa shape index (κ3) is 2.66. The van der Waals surface area contributed by atoms with E-state index in [0.29, 0.717) is 0 Å². The van der Waals surface area contributed by atoms with Gasteiger partial charge < -0.3 is 10.3 Å². The minimum Gasteiger partial charge on any atom is -0.372 e. The molecule has 4 nitrogen and oxygen atoms in total. The van der Waals surface area contributed by atoms with Gasteiger partial charge in [-0.05, 0) is 6.92 Å². The number of nitrogens with two attached hydrogens (primary N) is 1. The number of hydrogen-bond donors (Lipinski definition) is 1. The molecule has 46 valence electrons. The van der Waals surface area contributed by atoms with Crippen molar-refractivity contribution >= 4 is 14.7 Å². The molecule has 0 rings (SSSR count). The maximum atomic E-state index is 10.2. The van der Waals surface area contributed by atoms with Crippen LogP contribution in [-0.2, 0) is 13.9 Å². The highest BCUT2D eigenvalue weighted by Crippen LogP contribution is 1.95. The molecule has 0 radical (unpaired) electrons. The summed E-state index contributed by atoms with van der Waals surface area (Å²) in [6, 6.07) is -0.698. The molecule has 0 bridgehead atoms. The molecule has 0 aliphatic carbocycles. The second-order valence-corrected chi connectivity index (χ2v) is 1.61. The van der Waals surface area contributed by atoms with Gasteiger partial charge in [0, 0.05) is 0 Å². The molecule has 1 atom stereocenters. The van der Waals surface area contributed by atoms with Gasteiger partial charge in [-0.25, -0.2) is 9.36 Å². The predicted octanol–water partition coefficient (Wildman–Crippen LogP) is 0.0835. The van der Waals surface area contributed by atoms with E-state index in [0.717, 1.165) is 0 Å². The molecule has 2 N–H and O–H groups in total. The summed E-state index contributed by atoms with van der Waals surface area (Å²) in [7, 11) is -0.645. The number of rotatable bonds is 2. The standard InChI is InChI=1S/C3H6NO3P/c1-2(4)3(5)7-8-6/h2H,4H2,1H3. The van der Waals surface area contributed by atoms with E-state index in [1.807, 2.05) is 0 Å². The lowest BCUT2D eigenvalue weighted by molar-refractivity contribution is -0.134. The highest BCUT2D eigenvalue weighted by atomic mass is 31.1. The second-order valence-electron chi connectivity index (χ2n) is 1.27. The van der Waals surface area contributed by atoms with Crippen molar-refractivity contribution in [3.63, 3.8) is 0 Å². The Morgan fingerprint density at radius 3 is 2.50 bits per heavy atom. The van der Waals surface area contributed by atoms with Crippen molar-refractivity contribution < 1.29 is 13.9 Å². The Hall–Kier alpha value is -0.470. The normalized spacial score (nSPS) is 13.2. The highest BCUT2D eigenvalue weighted by Gasteiger charge is 2.07. The van der Waals surface area contributed by atoms with Gasteiger partial charge in [-0.15, -0.1) is 0 Å². The van der Waals surface area contributed by atoms with Gasteiger partial charge >= 0.3 is 14.7 Å². The van der Waals surface area contributed by atoms with Crippen LogP contribution in [0, 0.1) is 0 Å². The first-order valence-corrected chi connectivity index (χ1v) is 2.70. The zero-order valence-corrected chi connectivity index (χ0v) is 5.22. The SMILES string of the molecule is CC(N)C(=O)OP=O. The predicted molar refractivity (Wildman–Crippen MR) is 27.3 cm³/mol. The molecule has 0 saturated carbocycles. The lowest BCUT2D eigenvalue weighted by Gasteiger charge is -1.95. The van der Waals surface area contributed by atoms with E-state index < -0.39 is 20.7 Å². The molecule has 0 aromatic heterocycles. The Morgan fingerprint density at radius 1 is 1.88 bits per heavy atom. The van der Waals surface area contributed by atoms with Crippen LogP contribution >= 0.6 is 8.69 Å². The molecule has 1 unspecified atom stereocenters. The lowest BCUT2D eigenvalue weighted by atomic mass is 10.4. The Bertz CT molecular complexity index is 103. The number of hydrogen-bond acceptors (Lipinski definition) is 4. The monoisotopic (exact) mass is 135 g/mol. The minimum absolute atomic E-state index is 0.645. The largest absolute Gasteiger partial charge is 0.398 e. The molecule has 0 aromatic carbocycles. The van der Waals surface area contributed by atoms with Crippen molar-refractivity contribution in [2.24, 2.45) is 5.73 Å². The van der Waals surface area contributed by atoms with Crippen LogP contribution in [-0.4, -0.2) is 12.0 Å². The molecular weight excluding hydrogens is 129 g/mol. The van der Waals surface area contributed by atoms with Crippen LogP contribution in [0.1, 0.15) is 6.92 Å². The van der Waals surface area contributed by atoms with Crippen LogP contribution in [0.5, 0.6) is 0 Å². The summed E-state index contributed by atoms with van der Waals surface area (Å²) in [5.41, 5.74) is 5.00. The molecular formula is C3H6NO3P. The van der Waals surface area contributed by atoms with Crippen LogP contribution in [0.4, 0.5) is 0 Å². The molecule has 0 saturated heterocycles. The molecule has 0 fully saturated rings. The third-order valence-corrected chi connectivity index (χ3v) is 0.754. The van der Waals surface area contributed by atoms with Gasteiger partial charge in [0.1, 0.15) is 6.04 Å². The molecule has 0 heterocycles. The number of carbonyl (C=O) groups is 1. The maximum absolute atomic E-state index is 10.2. The summed E-state index contributed by atoms with van der Waals surface area (Å²) in [5.74, 6) is -0.665. The first kappa shape index (κ1) is 7.53. The van der Waals surface area contributed by atoms with Crippen molar-refractivity contribution in [2.75, 3.05) is 0 Å². The molecule has 0 aliphatic rings. The first-order chi connectivity index (χ1) is 3.68. The van der Waals surface area contributed by atoms with Crippen LogP contribution in [0.2, 0.25) is 0 Å². The average molecular weight is 135 g/mol. The van der Waals surface area contributed by atoms with Gasteiger partial charge in [-0.3, -0.25) is 0 Å². The maximum Gasteiger partial charge on any atom is 0.398 e. The van der Waals surface area contributed by atoms with Crippen molar-refractivity contribution in [1.82, 2.24) is 0 Å². The zero-order chi connectivity index (χ0) is 6.57. The van der Waals surface area contributed by atoms with Crippen molar-refractivity contribution in [3.8, 4) is 0 Å². The van der Waals surface area contributed by atoms with Crippen LogP contribution in [0.15, 0.2) is 0 Å². The zero-order valence-electron chi connectivity index (χ0n) is 4.33. The fourth-order valence-corrected chi connectivity index (χ4v) is 0.360. The smallest absolute Gasteiger partial charge is 0.372 e. The van der Waals surface area contributed by atoms with Gasteiger partial charge in [-0.1, -0.05) is 0 Å². The van der Waals surface area contributed by atoms with E-state index in [-0.39, 0.29) is 0 Å². The van der Waals surface area contributed by atoms with Crippen molar-refractivity contribution in [3.05, 3.63) is 0 Å². The van der Waals surface area contributed by atoms with E-state index in [4.69, 9.17) is 5.73 Å². The Morgan fingerprint density at radius 2 is 2.38 bits per heavy atom. The molecule has 5 heteroatoms. The molecule has 0 spiro atoms. The van der Waals surface area contributed by atoms with Gasteiger partial charge in [0.05, 0.1) is 0 Å². The third-order valence-electron chi connectivity index (χ3n) is 0.499. The van der Waals surface area contributed by atoms with E-state index in [2.05, 4.69) is 4.52 Å². The van der Waals surface area contributed by atoms with Crippen LogP contribution in [0.25, 0.3) is 0 Å². The lowest BCUT2D eigenvalue weighted by Crippen LogP contribution is -2.26. The summed E-state index contributed by atoms with van der Waals surface area (Å²) in [4.78, 5) is 10.2. The van der Waals surface area contributed by atoms with Gasteiger partial charge in [0.15, 0.2) is 0 Å². The quantitative estimate of drug-likeness (QED) is 0.544. The van der Waals surface area contributed by atoms with Crippen LogP contribution in [0.3, 0.4) is 0 Å². The van der Waals surface area contributed by atoms with Crippen LogP contribution < -0.4 is 5.73 Å². The Labute approximate surface area is 48.3 Å². The van der Waals surface area contributed by atoms with E-state index in [1.165, 1.54) is 6.92 Å². The van der Waals surface area contributed by atoms with Crippen molar-refractivity contribution in [2.45, 2.75) is 13.0 Å². The van der Waals surface area contributed by atoms with Gasteiger partial charge in [0.25, 0.3) is 0 Å². The average Bonchev–Trinajstić information content (AvgIpc) is 1.67. The first-order valence-electron chi connectivity index (χ1n) is 1.97. The number of carbonyl (C=O) groups excluding carboxylic acids is 1.